The molecule has 0 bridgehead atoms. The minimum Gasteiger partial charge on any atom is -0.481 e. The molecule has 212 valence electrons. The predicted octanol–water partition coefficient (Wildman–Crippen LogP) is 0.224. The van der Waals surface area contributed by atoms with Crippen molar-refractivity contribution in [2.45, 2.75) is 43.4 Å². The molecule has 0 saturated carbocycles. The van der Waals surface area contributed by atoms with Gasteiger partial charge in [0.05, 0.1) is 12.5 Å². The van der Waals surface area contributed by atoms with E-state index >= 15 is 0 Å². The quantitative estimate of drug-likeness (QED) is 0.126. The van der Waals surface area contributed by atoms with Crippen molar-refractivity contribution in [2.75, 3.05) is 5.75 Å². The summed E-state index contributed by atoms with van der Waals surface area (Å²) in [4.78, 5) is 64.7. The van der Waals surface area contributed by atoms with Gasteiger partial charge < -0.3 is 36.9 Å². The van der Waals surface area contributed by atoms with Crippen molar-refractivity contribution in [1.29, 1.82) is 0 Å². The lowest BCUT2D eigenvalue weighted by Gasteiger charge is -2.24. The maximum absolute atomic E-state index is 13.4. The van der Waals surface area contributed by atoms with E-state index in [1.54, 1.807) is 36.5 Å². The van der Waals surface area contributed by atoms with E-state index in [1.165, 1.54) is 0 Å². The number of thiol groups is 1. The van der Waals surface area contributed by atoms with Crippen LogP contribution in [0.15, 0.2) is 60.8 Å². The Balaban J connectivity index is 1.77. The number of carbonyl (C=O) groups excluding carboxylic acids is 3. The molecule has 0 spiro atoms. The zero-order chi connectivity index (χ0) is 29.2. The molecule has 3 aromatic rings. The van der Waals surface area contributed by atoms with Crippen molar-refractivity contribution < 1.29 is 34.2 Å². The molecule has 4 atom stereocenters. The lowest BCUT2D eigenvalue weighted by atomic mass is 10.0. The van der Waals surface area contributed by atoms with Crippen LogP contribution < -0.4 is 21.7 Å². The number of nitrogens with one attached hydrogen (secondary N) is 4. The van der Waals surface area contributed by atoms with E-state index in [1.807, 2.05) is 24.3 Å². The summed E-state index contributed by atoms with van der Waals surface area (Å²) in [5.74, 6) is -5.09. The van der Waals surface area contributed by atoms with Crippen LogP contribution in [0.1, 0.15) is 17.5 Å². The summed E-state index contributed by atoms with van der Waals surface area (Å²) in [5.41, 5.74) is 7.79. The number of rotatable bonds is 14. The molecule has 40 heavy (non-hydrogen) atoms. The van der Waals surface area contributed by atoms with Gasteiger partial charge in [-0.3, -0.25) is 19.2 Å². The number of para-hydroxylation sites is 1. The molecule has 3 amide bonds. The Morgan fingerprint density at radius 1 is 0.800 bits per heavy atom. The third kappa shape index (κ3) is 8.32. The van der Waals surface area contributed by atoms with E-state index in [2.05, 4.69) is 33.6 Å². The summed E-state index contributed by atoms with van der Waals surface area (Å²) in [6, 6.07) is 11.0. The highest BCUT2D eigenvalue weighted by Crippen LogP contribution is 2.19. The van der Waals surface area contributed by atoms with Crippen LogP contribution in [-0.2, 0) is 36.8 Å². The maximum atomic E-state index is 13.4. The standard InChI is InChI=1S/C27H31N5O7S/c28-18(12-23(33)34)24(35)32-22(14-40)26(37)30-20(10-15-6-2-1-3-7-15)25(36)31-21(27(38)39)11-16-13-29-19-9-5-4-8-17(16)19/h1-9,13,18,20-22,29,40H,10-12,14,28H2,(H,30,37)(H,31,36)(H,32,35)(H,33,34)(H,38,39). The number of aromatic amines is 1. The number of hydrogen-bond donors (Lipinski definition) is 8. The number of H-pyrrole nitrogens is 1. The van der Waals surface area contributed by atoms with Gasteiger partial charge in [0.2, 0.25) is 17.7 Å². The molecule has 1 aromatic heterocycles. The molecule has 0 aliphatic carbocycles. The second-order valence-electron chi connectivity index (χ2n) is 9.16. The average molecular weight is 570 g/mol. The molecule has 0 saturated heterocycles. The van der Waals surface area contributed by atoms with Gasteiger partial charge in [0.15, 0.2) is 0 Å². The molecule has 0 radical (unpaired) electrons. The van der Waals surface area contributed by atoms with Gasteiger partial charge in [-0.05, 0) is 17.2 Å². The Hall–Kier alpha value is -4.36. The minimum absolute atomic E-state index is 0.00607. The third-order valence-electron chi connectivity index (χ3n) is 6.18. The van der Waals surface area contributed by atoms with Gasteiger partial charge in [-0.2, -0.15) is 12.6 Å². The van der Waals surface area contributed by atoms with Crippen LogP contribution in [-0.4, -0.2) is 74.8 Å². The Bertz CT molecular complexity index is 1360. The molecule has 3 rings (SSSR count). The zero-order valence-corrected chi connectivity index (χ0v) is 22.3. The third-order valence-corrected chi connectivity index (χ3v) is 6.54. The Morgan fingerprint density at radius 2 is 1.40 bits per heavy atom. The number of fused-ring (bicyclic) bond motifs is 1. The lowest BCUT2D eigenvalue weighted by molar-refractivity contribution is -0.142. The van der Waals surface area contributed by atoms with E-state index in [0.29, 0.717) is 11.1 Å². The fourth-order valence-electron chi connectivity index (χ4n) is 4.08. The first-order chi connectivity index (χ1) is 19.1. The molecule has 0 aliphatic heterocycles. The summed E-state index contributed by atoms with van der Waals surface area (Å²) >= 11 is 4.09. The summed E-state index contributed by atoms with van der Waals surface area (Å²) in [6.07, 6.45) is 1.07. The Morgan fingerprint density at radius 3 is 2.05 bits per heavy atom. The minimum atomic E-state index is -1.39. The highest BCUT2D eigenvalue weighted by Gasteiger charge is 2.31. The number of carboxylic acid groups (broad SMARTS) is 2. The van der Waals surface area contributed by atoms with Gasteiger partial charge in [-0.15, -0.1) is 0 Å². The first-order valence-corrected chi connectivity index (χ1v) is 13.0. The second kappa shape index (κ2) is 14.1. The van der Waals surface area contributed by atoms with Crippen molar-refractivity contribution in [2.24, 2.45) is 5.73 Å². The van der Waals surface area contributed by atoms with Crippen molar-refractivity contribution >= 4 is 53.2 Å². The van der Waals surface area contributed by atoms with Crippen LogP contribution in [0.5, 0.6) is 0 Å². The highest BCUT2D eigenvalue weighted by atomic mass is 32.1. The lowest BCUT2D eigenvalue weighted by Crippen LogP contribution is -2.58. The van der Waals surface area contributed by atoms with Gasteiger partial charge in [0.25, 0.3) is 0 Å². The molecule has 12 nitrogen and oxygen atoms in total. The van der Waals surface area contributed by atoms with Gasteiger partial charge in [-0.1, -0.05) is 48.5 Å². The average Bonchev–Trinajstić information content (AvgIpc) is 3.33. The number of carboxylic acids is 2. The normalized spacial score (nSPS) is 13.9. The first kappa shape index (κ1) is 30.2. The van der Waals surface area contributed by atoms with Crippen LogP contribution in [0.2, 0.25) is 0 Å². The molecule has 1 heterocycles. The van der Waals surface area contributed by atoms with E-state index in [0.717, 1.165) is 10.9 Å². The number of benzene rings is 2. The zero-order valence-electron chi connectivity index (χ0n) is 21.4. The smallest absolute Gasteiger partial charge is 0.326 e. The highest BCUT2D eigenvalue weighted by molar-refractivity contribution is 7.80. The van der Waals surface area contributed by atoms with E-state index in [9.17, 15) is 29.1 Å². The monoisotopic (exact) mass is 569 g/mol. The molecular formula is C27H31N5O7S. The van der Waals surface area contributed by atoms with E-state index in [4.69, 9.17) is 10.8 Å². The van der Waals surface area contributed by atoms with Crippen molar-refractivity contribution in [1.82, 2.24) is 20.9 Å². The van der Waals surface area contributed by atoms with Crippen LogP contribution in [0.3, 0.4) is 0 Å². The number of amides is 3. The fraction of sp³-hybridized carbons (Fsp3) is 0.296. The van der Waals surface area contributed by atoms with Crippen LogP contribution in [0, 0.1) is 0 Å². The van der Waals surface area contributed by atoms with Crippen molar-refractivity contribution in [3.05, 3.63) is 71.9 Å². The number of aromatic nitrogens is 1. The van der Waals surface area contributed by atoms with E-state index in [-0.39, 0.29) is 18.6 Å². The molecular weight excluding hydrogens is 538 g/mol. The molecule has 0 aliphatic rings. The molecule has 13 heteroatoms. The number of aliphatic carboxylic acids is 2. The van der Waals surface area contributed by atoms with Crippen molar-refractivity contribution in [3.8, 4) is 0 Å². The van der Waals surface area contributed by atoms with Gasteiger partial charge in [0, 0.05) is 35.7 Å². The molecule has 4 unspecified atom stereocenters. The maximum Gasteiger partial charge on any atom is 0.326 e. The summed E-state index contributed by atoms with van der Waals surface area (Å²) < 4.78 is 0. The largest absolute Gasteiger partial charge is 0.481 e. The SMILES string of the molecule is NC(CC(=O)O)C(=O)NC(CS)C(=O)NC(Cc1ccccc1)C(=O)NC(Cc1c[nH]c2ccccc12)C(=O)O. The summed E-state index contributed by atoms with van der Waals surface area (Å²) in [5, 5.41) is 27.0. The van der Waals surface area contributed by atoms with Gasteiger partial charge in [0.1, 0.15) is 18.1 Å². The number of carbonyl (C=O) groups is 5. The van der Waals surface area contributed by atoms with Crippen molar-refractivity contribution in [3.63, 3.8) is 0 Å². The van der Waals surface area contributed by atoms with Crippen LogP contribution in [0.4, 0.5) is 0 Å². The first-order valence-electron chi connectivity index (χ1n) is 12.4. The molecule has 8 N–H and O–H groups in total. The topological polar surface area (TPSA) is 204 Å². The Kier molecular flexibility index (Phi) is 10.7. The predicted molar refractivity (Wildman–Crippen MR) is 150 cm³/mol. The fourth-order valence-corrected chi connectivity index (χ4v) is 4.33. The molecule has 2 aromatic carbocycles. The summed E-state index contributed by atoms with van der Waals surface area (Å²) in [7, 11) is 0. The van der Waals surface area contributed by atoms with E-state index < -0.39 is 60.2 Å². The van der Waals surface area contributed by atoms with Gasteiger partial charge >= 0.3 is 11.9 Å². The number of hydrogen-bond acceptors (Lipinski definition) is 7. The Labute approximate surface area is 235 Å². The van der Waals surface area contributed by atoms with Crippen LogP contribution >= 0.6 is 12.6 Å². The molecule has 0 fully saturated rings. The van der Waals surface area contributed by atoms with Gasteiger partial charge in [-0.25, -0.2) is 4.79 Å². The number of nitrogens with two attached hydrogens (primary N) is 1. The second-order valence-corrected chi connectivity index (χ2v) is 9.53. The van der Waals surface area contributed by atoms with Crippen LogP contribution in [0.25, 0.3) is 10.9 Å². The summed E-state index contributed by atoms with van der Waals surface area (Å²) in [6.45, 7) is 0.